The minimum absolute atomic E-state index is 0.115. The van der Waals surface area contributed by atoms with Gasteiger partial charge in [0.1, 0.15) is 17.1 Å². The zero-order chi connectivity index (χ0) is 19.6. The van der Waals surface area contributed by atoms with Crippen molar-refractivity contribution in [2.45, 2.75) is 37.8 Å². The van der Waals surface area contributed by atoms with Crippen molar-refractivity contribution < 1.29 is 27.1 Å². The molecule has 2 rings (SSSR count). The molecule has 2 aromatic rings. The van der Waals surface area contributed by atoms with Crippen molar-refractivity contribution in [1.82, 2.24) is 14.8 Å². The summed E-state index contributed by atoms with van der Waals surface area (Å²) < 4.78 is 50.5. The first-order chi connectivity index (χ1) is 12.1. The van der Waals surface area contributed by atoms with Gasteiger partial charge in [0.15, 0.2) is 14.9 Å². The number of rotatable bonds is 7. The summed E-state index contributed by atoms with van der Waals surface area (Å²) in [4.78, 5) is 15.3. The van der Waals surface area contributed by atoms with Crippen molar-refractivity contribution in [2.24, 2.45) is 0 Å². The SMILES string of the molecule is CCC(C)Nc1c(C(=O)O)c(C(F)F)nn1-c1ccc(S(C)(=O)=O)nc1. The fraction of sp³-hybridized carbons (Fsp3) is 0.400. The van der Waals surface area contributed by atoms with Crippen LogP contribution in [0.5, 0.6) is 0 Å². The number of halogens is 2. The van der Waals surface area contributed by atoms with Crippen LogP contribution in [0, 0.1) is 0 Å². The van der Waals surface area contributed by atoms with Crippen molar-refractivity contribution in [1.29, 1.82) is 0 Å². The Labute approximate surface area is 148 Å². The topological polar surface area (TPSA) is 114 Å². The Bertz CT molecular complexity index is 910. The summed E-state index contributed by atoms with van der Waals surface area (Å²) in [6, 6.07) is 2.30. The second-order valence-electron chi connectivity index (χ2n) is 5.71. The highest BCUT2D eigenvalue weighted by molar-refractivity contribution is 7.90. The van der Waals surface area contributed by atoms with Gasteiger partial charge in [0, 0.05) is 12.3 Å². The lowest BCUT2D eigenvalue weighted by molar-refractivity contribution is 0.0685. The van der Waals surface area contributed by atoms with Gasteiger partial charge >= 0.3 is 5.97 Å². The van der Waals surface area contributed by atoms with Crippen LogP contribution in [0.2, 0.25) is 0 Å². The third-order valence-corrected chi connectivity index (χ3v) is 4.68. The third kappa shape index (κ3) is 3.98. The van der Waals surface area contributed by atoms with E-state index in [1.54, 1.807) is 6.92 Å². The van der Waals surface area contributed by atoms with Crippen molar-refractivity contribution in [2.75, 3.05) is 11.6 Å². The number of aromatic nitrogens is 3. The van der Waals surface area contributed by atoms with E-state index in [2.05, 4.69) is 15.4 Å². The van der Waals surface area contributed by atoms with Crippen LogP contribution < -0.4 is 5.32 Å². The second-order valence-corrected chi connectivity index (χ2v) is 7.67. The molecule has 2 heterocycles. The monoisotopic (exact) mass is 388 g/mol. The maximum absolute atomic E-state index is 13.3. The number of carbonyl (C=O) groups is 1. The second kappa shape index (κ2) is 7.36. The molecule has 0 bridgehead atoms. The number of aromatic carboxylic acids is 1. The molecule has 2 aromatic heterocycles. The standard InChI is InChI=1S/C15H18F2N4O4S/c1-4-8(2)19-14-11(15(22)23)12(13(16)17)20-21(14)9-5-6-10(18-7-9)26(3,24)25/h5-8,13,19H,4H2,1-3H3,(H,22,23). The molecule has 0 aliphatic heterocycles. The Hall–Kier alpha value is -2.56. The summed E-state index contributed by atoms with van der Waals surface area (Å²) in [5, 5.41) is 15.8. The number of anilines is 1. The van der Waals surface area contributed by atoms with Crippen LogP contribution in [0.15, 0.2) is 23.4 Å². The highest BCUT2D eigenvalue weighted by Gasteiger charge is 2.30. The van der Waals surface area contributed by atoms with Crippen LogP contribution >= 0.6 is 0 Å². The minimum atomic E-state index is -3.54. The summed E-state index contributed by atoms with van der Waals surface area (Å²) in [5.74, 6) is -1.66. The number of carboxylic acids is 1. The smallest absolute Gasteiger partial charge is 0.341 e. The van der Waals surface area contributed by atoms with E-state index in [1.165, 1.54) is 12.1 Å². The summed E-state index contributed by atoms with van der Waals surface area (Å²) in [7, 11) is -3.54. The Morgan fingerprint density at radius 2 is 2.04 bits per heavy atom. The quantitative estimate of drug-likeness (QED) is 0.749. The van der Waals surface area contributed by atoms with E-state index < -0.39 is 33.5 Å². The molecule has 0 aliphatic rings. The van der Waals surface area contributed by atoms with Crippen LogP contribution in [-0.2, 0) is 9.84 Å². The number of nitrogens with zero attached hydrogens (tertiary/aromatic N) is 3. The van der Waals surface area contributed by atoms with Gasteiger partial charge < -0.3 is 10.4 Å². The molecule has 2 N–H and O–H groups in total. The van der Waals surface area contributed by atoms with Crippen molar-refractivity contribution in [3.05, 3.63) is 29.6 Å². The molecule has 0 saturated carbocycles. The predicted octanol–water partition coefficient (Wildman–Crippen LogP) is 2.52. The van der Waals surface area contributed by atoms with Gasteiger partial charge in [-0.3, -0.25) is 0 Å². The molecule has 0 amide bonds. The van der Waals surface area contributed by atoms with Gasteiger partial charge in [-0.1, -0.05) is 6.92 Å². The lowest BCUT2D eigenvalue weighted by Crippen LogP contribution is -2.19. The normalized spacial score (nSPS) is 13.0. The number of pyridine rings is 1. The molecule has 8 nitrogen and oxygen atoms in total. The minimum Gasteiger partial charge on any atom is -0.477 e. The number of alkyl halides is 2. The van der Waals surface area contributed by atoms with Gasteiger partial charge in [0.25, 0.3) is 6.43 Å². The molecule has 142 valence electrons. The Morgan fingerprint density at radius 1 is 1.38 bits per heavy atom. The fourth-order valence-electron chi connectivity index (χ4n) is 2.17. The lowest BCUT2D eigenvalue weighted by Gasteiger charge is -2.15. The van der Waals surface area contributed by atoms with Gasteiger partial charge in [0.05, 0.1) is 11.9 Å². The lowest BCUT2D eigenvalue weighted by atomic mass is 10.2. The molecule has 26 heavy (non-hydrogen) atoms. The van der Waals surface area contributed by atoms with Crippen molar-refractivity contribution >= 4 is 21.6 Å². The molecule has 1 atom stereocenters. The number of hydrogen-bond acceptors (Lipinski definition) is 6. The maximum atomic E-state index is 13.3. The summed E-state index contributed by atoms with van der Waals surface area (Å²) in [6.07, 6.45) is -0.370. The molecule has 1 unspecified atom stereocenters. The van der Waals surface area contributed by atoms with E-state index in [0.29, 0.717) is 6.42 Å². The molecule has 0 aromatic carbocycles. The molecule has 11 heteroatoms. The average molecular weight is 388 g/mol. The average Bonchev–Trinajstić information content (AvgIpc) is 2.93. The largest absolute Gasteiger partial charge is 0.477 e. The first kappa shape index (κ1) is 19.8. The fourth-order valence-corrected chi connectivity index (χ4v) is 2.73. The summed E-state index contributed by atoms with van der Waals surface area (Å²) >= 11 is 0. The van der Waals surface area contributed by atoms with Gasteiger partial charge in [-0.05, 0) is 25.5 Å². The molecule has 0 radical (unpaired) electrons. The van der Waals surface area contributed by atoms with E-state index in [9.17, 15) is 27.1 Å². The van der Waals surface area contributed by atoms with Gasteiger partial charge in [-0.15, -0.1) is 0 Å². The maximum Gasteiger partial charge on any atom is 0.341 e. The van der Waals surface area contributed by atoms with Crippen LogP contribution in [0.3, 0.4) is 0 Å². The van der Waals surface area contributed by atoms with E-state index in [0.717, 1.165) is 17.1 Å². The molecule has 0 saturated heterocycles. The van der Waals surface area contributed by atoms with Gasteiger partial charge in [-0.25, -0.2) is 31.7 Å². The number of nitrogens with one attached hydrogen (secondary N) is 1. The first-order valence-electron chi connectivity index (χ1n) is 7.63. The molecule has 0 aliphatic carbocycles. The Kier molecular flexibility index (Phi) is 5.59. The van der Waals surface area contributed by atoms with Gasteiger partial charge in [0.2, 0.25) is 0 Å². The van der Waals surface area contributed by atoms with Crippen LogP contribution in [0.25, 0.3) is 5.69 Å². The highest BCUT2D eigenvalue weighted by atomic mass is 32.2. The summed E-state index contributed by atoms with van der Waals surface area (Å²) in [5.41, 5.74) is -1.36. The molecular formula is C15H18F2N4O4S. The van der Waals surface area contributed by atoms with E-state index in [-0.39, 0.29) is 22.6 Å². The Morgan fingerprint density at radius 3 is 2.46 bits per heavy atom. The van der Waals surface area contributed by atoms with Crippen LogP contribution in [0.4, 0.5) is 14.6 Å². The number of carboxylic acid groups (broad SMARTS) is 1. The Balaban J connectivity index is 2.66. The number of hydrogen-bond donors (Lipinski definition) is 2. The molecule has 0 spiro atoms. The molecule has 0 fully saturated rings. The predicted molar refractivity (Wildman–Crippen MR) is 89.8 cm³/mol. The first-order valence-corrected chi connectivity index (χ1v) is 9.52. The van der Waals surface area contributed by atoms with E-state index >= 15 is 0 Å². The van der Waals surface area contributed by atoms with Crippen LogP contribution in [0.1, 0.15) is 42.7 Å². The summed E-state index contributed by atoms with van der Waals surface area (Å²) in [6.45, 7) is 3.60. The van der Waals surface area contributed by atoms with E-state index in [4.69, 9.17) is 0 Å². The highest BCUT2D eigenvalue weighted by Crippen LogP contribution is 2.31. The van der Waals surface area contributed by atoms with Crippen molar-refractivity contribution in [3.63, 3.8) is 0 Å². The zero-order valence-electron chi connectivity index (χ0n) is 14.3. The molecular weight excluding hydrogens is 370 g/mol. The van der Waals surface area contributed by atoms with E-state index in [1.807, 2.05) is 6.92 Å². The van der Waals surface area contributed by atoms with Crippen molar-refractivity contribution in [3.8, 4) is 5.69 Å². The zero-order valence-corrected chi connectivity index (χ0v) is 15.1. The van der Waals surface area contributed by atoms with Gasteiger partial charge in [-0.2, -0.15) is 5.10 Å². The third-order valence-electron chi connectivity index (χ3n) is 3.67. The number of sulfone groups is 1. The van der Waals surface area contributed by atoms with Crippen LogP contribution in [-0.4, -0.2) is 46.6 Å².